The highest BCUT2D eigenvalue weighted by molar-refractivity contribution is 8.00. The van der Waals surface area contributed by atoms with Crippen LogP contribution in [0.1, 0.15) is 91.4 Å². The summed E-state index contributed by atoms with van der Waals surface area (Å²) in [6, 6.07) is 19.3. The van der Waals surface area contributed by atoms with Gasteiger partial charge in [0.05, 0.1) is 46.9 Å². The van der Waals surface area contributed by atoms with Crippen LogP contribution >= 0.6 is 47.0 Å². The number of fused-ring (bicyclic) bond motifs is 4. The Labute approximate surface area is 395 Å². The molecule has 8 rings (SSSR count). The molecule has 0 fully saturated rings. The Morgan fingerprint density at radius 1 is 0.394 bits per heavy atom. The van der Waals surface area contributed by atoms with E-state index in [1.54, 1.807) is 100 Å². The number of aliphatic hydroxyl groups excluding tert-OH is 4. The van der Waals surface area contributed by atoms with Gasteiger partial charge in [-0.15, -0.1) is 0 Å². The zero-order valence-electron chi connectivity index (χ0n) is 35.8. The topological polar surface area (TPSA) is 251 Å². The summed E-state index contributed by atoms with van der Waals surface area (Å²) < 4.78 is 0. The minimum Gasteiger partial charge on any atom is -0.393 e. The van der Waals surface area contributed by atoms with E-state index in [1.165, 1.54) is 47.0 Å². The molecule has 2 heterocycles. The van der Waals surface area contributed by atoms with Gasteiger partial charge in [-0.1, -0.05) is 108 Å². The predicted molar refractivity (Wildman–Crippen MR) is 254 cm³/mol. The second kappa shape index (κ2) is 20.1. The van der Waals surface area contributed by atoms with Gasteiger partial charge in [-0.25, -0.2) is 0 Å². The smallest absolute Gasteiger partial charge is 0.232 e. The summed E-state index contributed by atoms with van der Waals surface area (Å²) in [5.74, 6) is -0.709. The lowest BCUT2D eigenvalue weighted by molar-refractivity contribution is 0.0978. The number of hydrogen-bond acceptors (Lipinski definition) is 20. The van der Waals surface area contributed by atoms with Crippen LogP contribution in [0.4, 0.5) is 23.3 Å². The van der Waals surface area contributed by atoms with Crippen molar-refractivity contribution < 1.29 is 39.6 Å². The molecule has 0 spiro atoms. The maximum Gasteiger partial charge on any atom is 0.232 e. The summed E-state index contributed by atoms with van der Waals surface area (Å²) in [7, 11) is 0. The summed E-state index contributed by atoms with van der Waals surface area (Å²) in [5.41, 5.74) is 1.44. The first kappa shape index (κ1) is 46.9. The molecule has 6 N–H and O–H groups in total. The molecule has 0 saturated heterocycles. The lowest BCUT2D eigenvalue weighted by Gasteiger charge is -2.26. The van der Waals surface area contributed by atoms with Gasteiger partial charge in [-0.3, -0.25) is 19.2 Å². The summed E-state index contributed by atoms with van der Waals surface area (Å²) in [6.45, 7) is 6.54. The quantitative estimate of drug-likeness (QED) is 0.0522. The van der Waals surface area contributed by atoms with Gasteiger partial charge in [0.15, 0.2) is 43.8 Å². The lowest BCUT2D eigenvalue weighted by Crippen LogP contribution is -2.25. The molecule has 338 valence electrons. The fourth-order valence-electron chi connectivity index (χ4n) is 7.17. The minimum atomic E-state index is -0.660. The van der Waals surface area contributed by atoms with Crippen LogP contribution in [0.3, 0.4) is 0 Å². The number of carbonyl (C=O) groups excluding carboxylic acids is 4. The Balaban J connectivity index is 1.29. The number of hydrogen-bond donors (Lipinski definition) is 6. The van der Waals surface area contributed by atoms with Crippen molar-refractivity contribution in [2.24, 2.45) is 0 Å². The highest BCUT2D eigenvalue weighted by Crippen LogP contribution is 2.44. The van der Waals surface area contributed by atoms with Crippen LogP contribution in [0.25, 0.3) is 11.1 Å². The van der Waals surface area contributed by atoms with E-state index in [2.05, 4.69) is 40.5 Å². The molecule has 0 saturated carbocycles. The molecule has 0 radical (unpaired) electrons. The second-order valence-electron chi connectivity index (χ2n) is 15.6. The van der Waals surface area contributed by atoms with E-state index < -0.39 is 47.5 Å². The number of rotatable bonds is 17. The van der Waals surface area contributed by atoms with Crippen molar-refractivity contribution >= 4 is 93.5 Å². The molecule has 4 aromatic carbocycles. The Bertz CT molecular complexity index is 2660. The molecular formula is C46H42N8O8S4. The number of ketones is 4. The molecule has 16 nitrogen and oxygen atoms in total. The summed E-state index contributed by atoms with van der Waals surface area (Å²) in [6.07, 6.45) is -2.64. The first-order valence-electron chi connectivity index (χ1n) is 20.7. The predicted octanol–water partition coefficient (Wildman–Crippen LogP) is 6.65. The Morgan fingerprint density at radius 2 is 0.667 bits per heavy atom. The van der Waals surface area contributed by atoms with Crippen molar-refractivity contribution in [2.75, 3.05) is 33.6 Å². The normalized spacial score (nSPS) is 14.7. The standard InChI is InChI=1S/C46H42N8O8S4/c1-21(55)17-63-43-49-41(50-44(53-43)64-18-22(2)56)47-31-15-13-25(33-35(31)39(61)29-11-7-5-9-27(29)37(33)59)26-14-16-32(36-34(26)38(60)28-10-6-8-12-30(28)40(36)62)48-42-51-45(65-19-23(3)57)54-46(52-42)66-20-24(4)58/h5-16,21-24,55-58H,17-20H2,1-4H3,(H,47,49,50,53)(H,48,51,52,54). The Hall–Kier alpha value is -5.58. The highest BCUT2D eigenvalue weighted by Gasteiger charge is 2.39. The van der Waals surface area contributed by atoms with Crippen LogP contribution in [0, 0.1) is 0 Å². The van der Waals surface area contributed by atoms with E-state index >= 15 is 0 Å². The van der Waals surface area contributed by atoms with Crippen molar-refractivity contribution in [2.45, 2.75) is 72.7 Å². The largest absolute Gasteiger partial charge is 0.393 e. The van der Waals surface area contributed by atoms with E-state index in [1.807, 2.05) is 0 Å². The van der Waals surface area contributed by atoms with Crippen LogP contribution in [0.15, 0.2) is 93.4 Å². The maximum absolute atomic E-state index is 14.8. The number of nitrogens with zero attached hydrogens (tertiary/aromatic N) is 6. The van der Waals surface area contributed by atoms with Gasteiger partial charge < -0.3 is 31.1 Å². The van der Waals surface area contributed by atoms with Crippen molar-refractivity contribution in [1.29, 1.82) is 0 Å². The van der Waals surface area contributed by atoms with Crippen molar-refractivity contribution in [3.63, 3.8) is 0 Å². The molecular weight excluding hydrogens is 921 g/mol. The van der Waals surface area contributed by atoms with Gasteiger partial charge in [-0.2, -0.15) is 29.9 Å². The molecule has 2 aromatic heterocycles. The van der Waals surface area contributed by atoms with Gasteiger partial charge >= 0.3 is 0 Å². The fourth-order valence-corrected chi connectivity index (χ4v) is 10.1. The molecule has 2 aliphatic carbocycles. The molecule has 4 atom stereocenters. The van der Waals surface area contributed by atoms with E-state index in [4.69, 9.17) is 0 Å². The number of aromatic nitrogens is 6. The molecule has 20 heteroatoms. The van der Waals surface area contributed by atoms with E-state index in [-0.39, 0.29) is 123 Å². The van der Waals surface area contributed by atoms with E-state index in [0.29, 0.717) is 0 Å². The number of benzene rings is 4. The molecule has 0 aliphatic heterocycles. The average molecular weight is 963 g/mol. The number of anilines is 4. The second-order valence-corrected chi connectivity index (χ2v) is 19.5. The van der Waals surface area contributed by atoms with Crippen LogP contribution < -0.4 is 10.6 Å². The Morgan fingerprint density at radius 3 is 0.939 bits per heavy atom. The summed E-state index contributed by atoms with van der Waals surface area (Å²) >= 11 is 4.78. The third kappa shape index (κ3) is 10.1. The third-order valence-corrected chi connectivity index (χ3v) is 14.3. The van der Waals surface area contributed by atoms with Crippen molar-refractivity contribution in [3.05, 3.63) is 117 Å². The van der Waals surface area contributed by atoms with Gasteiger partial charge in [0.2, 0.25) is 11.9 Å². The van der Waals surface area contributed by atoms with Gasteiger partial charge in [0.25, 0.3) is 0 Å². The lowest BCUT2D eigenvalue weighted by atomic mass is 9.75. The minimum absolute atomic E-state index is 0.00597. The molecule has 6 aromatic rings. The molecule has 2 aliphatic rings. The van der Waals surface area contributed by atoms with Gasteiger partial charge in [0, 0.05) is 56.4 Å². The van der Waals surface area contributed by atoms with E-state index in [0.717, 1.165) is 0 Å². The zero-order chi connectivity index (χ0) is 46.8. The number of aliphatic hydroxyl groups is 4. The first-order chi connectivity index (χ1) is 31.7. The Kier molecular flexibility index (Phi) is 14.3. The fraction of sp³-hybridized carbons (Fsp3) is 0.261. The SMILES string of the molecule is CC(O)CSc1nc(Nc2ccc(-c3ccc(Nc4nc(SCC(C)O)nc(SCC(C)O)n4)c4c3C(=O)c3ccccc3C4=O)c3c2C(=O)c2ccccc2C3=O)nc(SCC(C)O)n1. The monoisotopic (exact) mass is 962 g/mol. The van der Waals surface area contributed by atoms with Gasteiger partial charge in [-0.05, 0) is 51.0 Å². The number of thioether (sulfide) groups is 4. The van der Waals surface area contributed by atoms with Crippen LogP contribution in [-0.4, -0.2) is 121 Å². The molecule has 66 heavy (non-hydrogen) atoms. The summed E-state index contributed by atoms with van der Waals surface area (Å²) in [5, 5.41) is 47.4. The van der Waals surface area contributed by atoms with E-state index in [9.17, 15) is 39.6 Å². The average Bonchev–Trinajstić information content (AvgIpc) is 3.29. The number of carbonyl (C=O) groups is 4. The third-order valence-electron chi connectivity index (χ3n) is 9.94. The highest BCUT2D eigenvalue weighted by atomic mass is 32.2. The zero-order valence-corrected chi connectivity index (χ0v) is 39.1. The van der Waals surface area contributed by atoms with Crippen LogP contribution in [0.5, 0.6) is 0 Å². The van der Waals surface area contributed by atoms with Gasteiger partial charge in [0.1, 0.15) is 0 Å². The van der Waals surface area contributed by atoms with Crippen LogP contribution in [-0.2, 0) is 0 Å². The summed E-state index contributed by atoms with van der Waals surface area (Å²) in [4.78, 5) is 86.2. The molecule has 0 amide bonds. The molecule has 0 bridgehead atoms. The number of nitrogens with one attached hydrogen (secondary N) is 2. The maximum atomic E-state index is 14.8. The van der Waals surface area contributed by atoms with Crippen LogP contribution in [0.2, 0.25) is 0 Å². The van der Waals surface area contributed by atoms with Crippen molar-refractivity contribution in [1.82, 2.24) is 29.9 Å². The molecule has 4 unspecified atom stereocenters. The van der Waals surface area contributed by atoms with Crippen molar-refractivity contribution in [3.8, 4) is 11.1 Å². The first-order valence-corrected chi connectivity index (χ1v) is 24.6.